The Hall–Kier alpha value is -2.57. The van der Waals surface area contributed by atoms with Gasteiger partial charge in [-0.3, -0.25) is 9.13 Å². The SMILES string of the molecule is Nc1nc(=O)n([C@H]2CCCS2)cc1C#CCn1c(C2CCCCC2)nc2c(P(=O)(O)O)cccc21. The van der Waals surface area contributed by atoms with E-state index >= 15 is 0 Å². The molecule has 5 rings (SSSR count). The number of hydrogen-bond donors (Lipinski definition) is 3. The minimum atomic E-state index is -4.48. The summed E-state index contributed by atoms with van der Waals surface area (Å²) >= 11 is 1.73. The molecule has 0 spiro atoms. The molecule has 1 aliphatic carbocycles. The van der Waals surface area contributed by atoms with Gasteiger partial charge in [-0.1, -0.05) is 37.2 Å². The van der Waals surface area contributed by atoms with Crippen molar-refractivity contribution < 1.29 is 14.4 Å². The predicted octanol–water partition coefficient (Wildman–Crippen LogP) is 3.10. The smallest absolute Gasteiger partial charge is 0.358 e. The molecular weight excluding hydrogens is 485 g/mol. The molecule has 1 aliphatic heterocycles. The summed E-state index contributed by atoms with van der Waals surface area (Å²) in [5, 5.41) is -0.00826. The lowest BCUT2D eigenvalue weighted by Gasteiger charge is -2.21. The Bertz CT molecular complexity index is 1420. The number of rotatable bonds is 4. The number of fused-ring (bicyclic) bond motifs is 1. The summed E-state index contributed by atoms with van der Waals surface area (Å²) in [5.74, 6) is 8.37. The van der Waals surface area contributed by atoms with Gasteiger partial charge in [-0.25, -0.2) is 9.78 Å². The Labute approximate surface area is 207 Å². The van der Waals surface area contributed by atoms with E-state index in [-0.39, 0.29) is 34.6 Å². The fourth-order valence-corrected chi connectivity index (χ4v) is 6.97. The molecule has 0 amide bonds. The van der Waals surface area contributed by atoms with Gasteiger partial charge in [-0.15, -0.1) is 11.8 Å². The number of anilines is 1. The van der Waals surface area contributed by atoms with Crippen molar-refractivity contribution in [1.82, 2.24) is 19.1 Å². The summed E-state index contributed by atoms with van der Waals surface area (Å²) in [6.45, 7) is 0.281. The summed E-state index contributed by atoms with van der Waals surface area (Å²) in [4.78, 5) is 40.8. The Balaban J connectivity index is 1.54. The number of nitrogens with two attached hydrogens (primary N) is 1. The molecule has 2 fully saturated rings. The molecule has 3 heterocycles. The Morgan fingerprint density at radius 3 is 2.66 bits per heavy atom. The Morgan fingerprint density at radius 1 is 1.14 bits per heavy atom. The molecule has 11 heteroatoms. The second-order valence-corrected chi connectivity index (χ2v) is 11.9. The number of para-hydroxylation sites is 1. The van der Waals surface area contributed by atoms with E-state index in [2.05, 4.69) is 16.8 Å². The summed E-state index contributed by atoms with van der Waals surface area (Å²) < 4.78 is 15.7. The zero-order chi connectivity index (χ0) is 24.6. The first-order valence-electron chi connectivity index (χ1n) is 11.9. The van der Waals surface area contributed by atoms with Crippen LogP contribution in [0.15, 0.2) is 29.2 Å². The average molecular weight is 514 g/mol. The van der Waals surface area contributed by atoms with Gasteiger partial charge in [0, 0.05) is 12.1 Å². The van der Waals surface area contributed by atoms with E-state index in [0.29, 0.717) is 16.6 Å². The van der Waals surface area contributed by atoms with Gasteiger partial charge >= 0.3 is 13.3 Å². The van der Waals surface area contributed by atoms with Gasteiger partial charge in [0.1, 0.15) is 17.2 Å². The highest BCUT2D eigenvalue weighted by molar-refractivity contribution is 7.99. The molecule has 2 aliphatic rings. The molecule has 1 saturated heterocycles. The fraction of sp³-hybridized carbons (Fsp3) is 0.458. The van der Waals surface area contributed by atoms with Crippen molar-refractivity contribution >= 4 is 41.5 Å². The molecule has 35 heavy (non-hydrogen) atoms. The first-order valence-corrected chi connectivity index (χ1v) is 14.5. The second-order valence-electron chi connectivity index (χ2n) is 9.08. The lowest BCUT2D eigenvalue weighted by atomic mass is 9.88. The van der Waals surface area contributed by atoms with E-state index in [0.717, 1.165) is 50.1 Å². The second kappa shape index (κ2) is 9.82. The first-order chi connectivity index (χ1) is 16.8. The first kappa shape index (κ1) is 24.1. The highest BCUT2D eigenvalue weighted by Gasteiger charge is 2.27. The van der Waals surface area contributed by atoms with E-state index in [1.165, 1.54) is 12.5 Å². The van der Waals surface area contributed by atoms with E-state index in [9.17, 15) is 19.1 Å². The minimum Gasteiger partial charge on any atom is -0.382 e. The van der Waals surface area contributed by atoms with Gasteiger partial charge < -0.3 is 20.1 Å². The molecule has 2 aromatic heterocycles. The largest absolute Gasteiger partial charge is 0.382 e. The predicted molar refractivity (Wildman–Crippen MR) is 138 cm³/mol. The molecule has 0 radical (unpaired) electrons. The third-order valence-electron chi connectivity index (χ3n) is 6.73. The van der Waals surface area contributed by atoms with Crippen LogP contribution in [-0.4, -0.2) is 34.6 Å². The van der Waals surface area contributed by atoms with Crippen LogP contribution in [0.2, 0.25) is 0 Å². The van der Waals surface area contributed by atoms with Crippen molar-refractivity contribution in [2.45, 2.75) is 62.8 Å². The molecule has 4 N–H and O–H groups in total. The lowest BCUT2D eigenvalue weighted by molar-refractivity contribution is 0.387. The van der Waals surface area contributed by atoms with E-state index < -0.39 is 7.60 Å². The summed E-state index contributed by atoms with van der Waals surface area (Å²) in [7, 11) is -4.48. The van der Waals surface area contributed by atoms with Crippen molar-refractivity contribution in [1.29, 1.82) is 0 Å². The van der Waals surface area contributed by atoms with E-state index in [1.807, 2.05) is 10.6 Å². The van der Waals surface area contributed by atoms with Crippen LogP contribution in [0, 0.1) is 11.8 Å². The van der Waals surface area contributed by atoms with Crippen LogP contribution in [0.25, 0.3) is 11.0 Å². The van der Waals surface area contributed by atoms with Crippen LogP contribution in [0.5, 0.6) is 0 Å². The number of thioether (sulfide) groups is 1. The molecule has 184 valence electrons. The van der Waals surface area contributed by atoms with Crippen LogP contribution in [0.3, 0.4) is 0 Å². The van der Waals surface area contributed by atoms with Crippen molar-refractivity contribution in [3.63, 3.8) is 0 Å². The molecular formula is C24H28N5O4PS. The van der Waals surface area contributed by atoms with Crippen LogP contribution in [-0.2, 0) is 11.1 Å². The molecule has 1 aromatic carbocycles. The molecule has 1 saturated carbocycles. The number of nitrogen functional groups attached to an aromatic ring is 1. The van der Waals surface area contributed by atoms with Crippen LogP contribution in [0.1, 0.15) is 67.6 Å². The topological polar surface area (TPSA) is 136 Å². The van der Waals surface area contributed by atoms with Crippen molar-refractivity contribution in [2.75, 3.05) is 11.5 Å². The maximum atomic E-state index is 12.4. The Morgan fingerprint density at radius 2 is 1.94 bits per heavy atom. The van der Waals surface area contributed by atoms with Gasteiger partial charge in [0.15, 0.2) is 0 Å². The zero-order valence-electron chi connectivity index (χ0n) is 19.3. The van der Waals surface area contributed by atoms with Crippen molar-refractivity contribution in [3.05, 3.63) is 46.3 Å². The summed E-state index contributed by atoms with van der Waals surface area (Å²) in [6.07, 6.45) is 9.04. The van der Waals surface area contributed by atoms with Gasteiger partial charge in [0.2, 0.25) is 0 Å². The minimum absolute atomic E-state index is 0.0534. The maximum absolute atomic E-state index is 12.4. The molecule has 0 unspecified atom stereocenters. The standard InChI is InChI=1S/C24H28N5O4PS/c25-22-17(15-29(24(30)27-22)20-12-6-14-35-20)9-5-13-28-18-10-4-11-19(34(31,32)33)21(18)26-23(28)16-7-2-1-3-8-16/h4,10-11,15-16,20H,1-3,6-8,12-14H2,(H2,25,27,30)(H2,31,32,33)/t20-/m1/s1. The fourth-order valence-electron chi connectivity index (χ4n) is 5.00. The normalized spacial score (nSPS) is 19.1. The summed E-state index contributed by atoms with van der Waals surface area (Å²) in [6, 6.07) is 4.90. The molecule has 1 atom stereocenters. The van der Waals surface area contributed by atoms with E-state index in [1.54, 1.807) is 28.6 Å². The average Bonchev–Trinajstić information content (AvgIpc) is 3.49. The van der Waals surface area contributed by atoms with Gasteiger partial charge in [0.25, 0.3) is 0 Å². The van der Waals surface area contributed by atoms with E-state index in [4.69, 9.17) is 10.7 Å². The van der Waals surface area contributed by atoms with Crippen LogP contribution < -0.4 is 16.7 Å². The van der Waals surface area contributed by atoms with Crippen LogP contribution >= 0.6 is 19.4 Å². The highest BCUT2D eigenvalue weighted by Crippen LogP contribution is 2.39. The Kier molecular flexibility index (Phi) is 6.78. The van der Waals surface area contributed by atoms with Gasteiger partial charge in [-0.05, 0) is 43.6 Å². The van der Waals surface area contributed by atoms with Gasteiger partial charge in [-0.2, -0.15) is 4.98 Å². The third kappa shape index (κ3) is 4.91. The number of nitrogens with zero attached hydrogens (tertiary/aromatic N) is 4. The number of hydrogen-bond acceptors (Lipinski definition) is 6. The van der Waals surface area contributed by atoms with Crippen molar-refractivity contribution in [2.24, 2.45) is 0 Å². The molecule has 3 aromatic rings. The quantitative estimate of drug-likeness (QED) is 0.358. The number of imidazole rings is 1. The zero-order valence-corrected chi connectivity index (χ0v) is 21.0. The van der Waals surface area contributed by atoms with Gasteiger partial charge in [0.05, 0.1) is 28.3 Å². The highest BCUT2D eigenvalue weighted by atomic mass is 32.2. The number of aromatic nitrogens is 4. The van der Waals surface area contributed by atoms with Crippen LogP contribution in [0.4, 0.5) is 5.82 Å². The maximum Gasteiger partial charge on any atom is 0.358 e. The molecule has 9 nitrogen and oxygen atoms in total. The number of benzene rings is 1. The lowest BCUT2D eigenvalue weighted by Crippen LogP contribution is -2.26. The summed E-state index contributed by atoms with van der Waals surface area (Å²) in [5.41, 5.74) is 7.13. The molecule has 0 bridgehead atoms. The monoisotopic (exact) mass is 513 g/mol. The third-order valence-corrected chi connectivity index (χ3v) is 9.09. The van der Waals surface area contributed by atoms with Crippen molar-refractivity contribution in [3.8, 4) is 11.8 Å².